The Morgan fingerprint density at radius 3 is 2.21 bits per heavy atom. The summed E-state index contributed by atoms with van der Waals surface area (Å²) in [5, 5.41) is 5.58. The van der Waals surface area contributed by atoms with Crippen LogP contribution in [0.3, 0.4) is 0 Å². The van der Waals surface area contributed by atoms with E-state index in [1.165, 1.54) is 5.56 Å². The molecule has 0 aliphatic rings. The van der Waals surface area contributed by atoms with E-state index in [2.05, 4.69) is 17.7 Å². The molecular formula is C11H8Cl2S. The lowest BCUT2D eigenvalue weighted by molar-refractivity contribution is 1.53. The largest absolute Gasteiger partial charge is 0.151 e. The molecule has 2 aromatic rings. The number of hydrogen-bond acceptors (Lipinski definition) is 1. The highest BCUT2D eigenvalue weighted by atomic mass is 35.5. The van der Waals surface area contributed by atoms with E-state index < -0.39 is 0 Å². The van der Waals surface area contributed by atoms with Crippen LogP contribution in [0.5, 0.6) is 0 Å². The lowest BCUT2D eigenvalue weighted by Crippen LogP contribution is -1.80. The van der Waals surface area contributed by atoms with E-state index in [-0.39, 0.29) is 0 Å². The fourth-order valence-electron chi connectivity index (χ4n) is 1.37. The average Bonchev–Trinajstić information content (AvgIpc) is 2.52. The zero-order chi connectivity index (χ0) is 10.1. The third-order valence-corrected chi connectivity index (χ3v) is 3.58. The van der Waals surface area contributed by atoms with E-state index in [4.69, 9.17) is 23.2 Å². The van der Waals surface area contributed by atoms with Crippen LogP contribution in [0.15, 0.2) is 29.0 Å². The van der Waals surface area contributed by atoms with E-state index in [1.54, 1.807) is 11.3 Å². The number of aryl methyl sites for hydroxylation is 1. The van der Waals surface area contributed by atoms with Gasteiger partial charge < -0.3 is 0 Å². The lowest BCUT2D eigenvalue weighted by Gasteiger charge is -2.05. The van der Waals surface area contributed by atoms with E-state index in [0.717, 1.165) is 11.1 Å². The van der Waals surface area contributed by atoms with Gasteiger partial charge in [0.1, 0.15) is 0 Å². The van der Waals surface area contributed by atoms with Crippen molar-refractivity contribution in [3.63, 3.8) is 0 Å². The molecule has 0 bridgehead atoms. The van der Waals surface area contributed by atoms with Gasteiger partial charge in [0.25, 0.3) is 0 Å². The molecule has 1 heterocycles. The van der Waals surface area contributed by atoms with Crippen LogP contribution in [0.2, 0.25) is 10.0 Å². The van der Waals surface area contributed by atoms with Gasteiger partial charge in [0, 0.05) is 15.6 Å². The first-order valence-electron chi connectivity index (χ1n) is 4.17. The Bertz CT molecular complexity index is 440. The third-order valence-electron chi connectivity index (χ3n) is 2.09. The summed E-state index contributed by atoms with van der Waals surface area (Å²) >= 11 is 13.9. The topological polar surface area (TPSA) is 0 Å². The van der Waals surface area contributed by atoms with Crippen molar-refractivity contribution in [2.24, 2.45) is 0 Å². The first kappa shape index (κ1) is 10.0. The number of halogens is 2. The summed E-state index contributed by atoms with van der Waals surface area (Å²) in [6.45, 7) is 2.06. The zero-order valence-corrected chi connectivity index (χ0v) is 9.88. The predicted octanol–water partition coefficient (Wildman–Crippen LogP) is 5.03. The monoisotopic (exact) mass is 242 g/mol. The molecule has 1 aromatic heterocycles. The summed E-state index contributed by atoms with van der Waals surface area (Å²) in [5.41, 5.74) is 3.28. The van der Waals surface area contributed by atoms with E-state index in [0.29, 0.717) is 10.0 Å². The highest BCUT2D eigenvalue weighted by Gasteiger charge is 2.10. The van der Waals surface area contributed by atoms with Crippen LogP contribution in [0, 0.1) is 6.92 Å². The molecule has 0 fully saturated rings. The molecule has 1 aromatic carbocycles. The van der Waals surface area contributed by atoms with E-state index in [9.17, 15) is 0 Å². The van der Waals surface area contributed by atoms with Crippen molar-refractivity contribution in [3.05, 3.63) is 44.6 Å². The number of rotatable bonds is 1. The van der Waals surface area contributed by atoms with Crippen molar-refractivity contribution in [1.82, 2.24) is 0 Å². The van der Waals surface area contributed by atoms with Crippen LogP contribution in [0.4, 0.5) is 0 Å². The molecule has 0 radical (unpaired) electrons. The smallest absolute Gasteiger partial charge is 0.0499 e. The van der Waals surface area contributed by atoms with E-state index >= 15 is 0 Å². The molecule has 0 aliphatic heterocycles. The van der Waals surface area contributed by atoms with Gasteiger partial charge >= 0.3 is 0 Å². The fourth-order valence-corrected chi connectivity index (χ4v) is 2.81. The lowest BCUT2D eigenvalue weighted by atomic mass is 10.1. The maximum atomic E-state index is 6.11. The highest BCUT2D eigenvalue weighted by molar-refractivity contribution is 7.08. The van der Waals surface area contributed by atoms with Gasteiger partial charge in [-0.1, -0.05) is 29.3 Å². The second kappa shape index (κ2) is 3.93. The first-order valence-corrected chi connectivity index (χ1v) is 5.87. The second-order valence-electron chi connectivity index (χ2n) is 3.07. The van der Waals surface area contributed by atoms with Gasteiger partial charge in [0.2, 0.25) is 0 Å². The number of benzene rings is 1. The summed E-state index contributed by atoms with van der Waals surface area (Å²) < 4.78 is 0. The molecule has 0 amide bonds. The Morgan fingerprint density at radius 2 is 1.71 bits per heavy atom. The molecule has 2 rings (SSSR count). The molecular weight excluding hydrogens is 235 g/mol. The van der Waals surface area contributed by atoms with Crippen molar-refractivity contribution >= 4 is 34.5 Å². The van der Waals surface area contributed by atoms with Crippen LogP contribution in [0.1, 0.15) is 5.56 Å². The molecule has 0 unspecified atom stereocenters. The number of hydrogen-bond donors (Lipinski definition) is 0. The minimum atomic E-state index is 0.707. The van der Waals surface area contributed by atoms with Gasteiger partial charge in [-0.15, -0.1) is 0 Å². The van der Waals surface area contributed by atoms with Crippen LogP contribution in [-0.2, 0) is 0 Å². The van der Waals surface area contributed by atoms with Gasteiger partial charge in [0.05, 0.1) is 0 Å². The van der Waals surface area contributed by atoms with Gasteiger partial charge in [-0.3, -0.25) is 0 Å². The van der Waals surface area contributed by atoms with Gasteiger partial charge in [0.15, 0.2) is 0 Å². The molecule has 72 valence electrons. The Kier molecular flexibility index (Phi) is 2.82. The average molecular weight is 243 g/mol. The minimum absolute atomic E-state index is 0.707. The molecule has 0 aliphatic carbocycles. The molecule has 0 saturated carbocycles. The molecule has 0 spiro atoms. The van der Waals surface area contributed by atoms with Crippen LogP contribution >= 0.6 is 34.5 Å². The zero-order valence-electron chi connectivity index (χ0n) is 7.55. The quantitative estimate of drug-likeness (QED) is 0.658. The van der Waals surface area contributed by atoms with E-state index in [1.807, 2.05) is 18.2 Å². The van der Waals surface area contributed by atoms with Crippen LogP contribution < -0.4 is 0 Å². The standard InChI is InChI=1S/C11H8Cl2S/c1-7-5-14-6-8(7)11-9(12)3-2-4-10(11)13/h2-6H,1H3. The fraction of sp³-hybridized carbons (Fsp3) is 0.0909. The molecule has 14 heavy (non-hydrogen) atoms. The van der Waals surface area contributed by atoms with Gasteiger partial charge in [-0.2, -0.15) is 11.3 Å². The summed E-state index contributed by atoms with van der Waals surface area (Å²) in [7, 11) is 0. The highest BCUT2D eigenvalue weighted by Crippen LogP contribution is 2.37. The van der Waals surface area contributed by atoms with Crippen molar-refractivity contribution in [2.45, 2.75) is 6.92 Å². The third kappa shape index (κ3) is 1.68. The second-order valence-corrected chi connectivity index (χ2v) is 4.62. The summed E-state index contributed by atoms with van der Waals surface area (Å²) in [4.78, 5) is 0. The minimum Gasteiger partial charge on any atom is -0.151 e. The maximum absolute atomic E-state index is 6.11. The van der Waals surface area contributed by atoms with Crippen LogP contribution in [0.25, 0.3) is 11.1 Å². The Hall–Kier alpha value is -0.500. The Balaban J connectivity index is 2.68. The molecule has 0 atom stereocenters. The number of thiophene rings is 1. The molecule has 3 heteroatoms. The Morgan fingerprint density at radius 1 is 1.07 bits per heavy atom. The van der Waals surface area contributed by atoms with Crippen LogP contribution in [-0.4, -0.2) is 0 Å². The predicted molar refractivity (Wildman–Crippen MR) is 64.5 cm³/mol. The summed E-state index contributed by atoms with van der Waals surface area (Å²) in [6.07, 6.45) is 0. The molecule has 0 saturated heterocycles. The first-order chi connectivity index (χ1) is 6.70. The van der Waals surface area contributed by atoms with Crippen molar-refractivity contribution < 1.29 is 0 Å². The Labute approximate surface area is 97.1 Å². The van der Waals surface area contributed by atoms with Gasteiger partial charge in [-0.05, 0) is 40.9 Å². The summed E-state index contributed by atoms with van der Waals surface area (Å²) in [6, 6.07) is 5.58. The summed E-state index contributed by atoms with van der Waals surface area (Å²) in [5.74, 6) is 0. The van der Waals surface area contributed by atoms with Crippen molar-refractivity contribution in [1.29, 1.82) is 0 Å². The molecule has 0 N–H and O–H groups in total. The van der Waals surface area contributed by atoms with Crippen molar-refractivity contribution in [3.8, 4) is 11.1 Å². The normalized spacial score (nSPS) is 10.5. The SMILES string of the molecule is Cc1cscc1-c1c(Cl)cccc1Cl. The maximum Gasteiger partial charge on any atom is 0.0499 e. The van der Waals surface area contributed by atoms with Crippen molar-refractivity contribution in [2.75, 3.05) is 0 Å². The molecule has 0 nitrogen and oxygen atoms in total. The van der Waals surface area contributed by atoms with Gasteiger partial charge in [-0.25, -0.2) is 0 Å².